The number of carbonyl (C=O) groups is 1. The molecule has 2 bridgehead atoms. The van der Waals surface area contributed by atoms with Crippen LogP contribution in [0.25, 0.3) is 0 Å². The van der Waals surface area contributed by atoms with Crippen molar-refractivity contribution in [1.29, 1.82) is 0 Å². The van der Waals surface area contributed by atoms with Gasteiger partial charge in [-0.15, -0.1) is 0 Å². The highest BCUT2D eigenvalue weighted by Crippen LogP contribution is 2.20. The lowest BCUT2D eigenvalue weighted by Gasteiger charge is -2.17. The molecule has 1 fully saturated rings. The van der Waals surface area contributed by atoms with Crippen LogP contribution in [-0.2, 0) is 19.9 Å². The van der Waals surface area contributed by atoms with Gasteiger partial charge in [-0.1, -0.05) is 32.1 Å². The van der Waals surface area contributed by atoms with Gasteiger partial charge in [0.15, 0.2) is 11.9 Å². The van der Waals surface area contributed by atoms with Gasteiger partial charge in [-0.3, -0.25) is 4.79 Å². The second-order valence-electron chi connectivity index (χ2n) is 7.29. The van der Waals surface area contributed by atoms with Crippen molar-refractivity contribution >= 4 is 5.91 Å². The maximum absolute atomic E-state index is 12.9. The number of carbonyl (C=O) groups excluding carboxylic acids is 1. The van der Waals surface area contributed by atoms with E-state index < -0.39 is 0 Å². The Labute approximate surface area is 140 Å². The van der Waals surface area contributed by atoms with Gasteiger partial charge in [0.25, 0.3) is 5.91 Å². The fourth-order valence-corrected chi connectivity index (χ4v) is 3.98. The summed E-state index contributed by atoms with van der Waals surface area (Å²) in [5, 5.41) is 0. The van der Waals surface area contributed by atoms with Crippen molar-refractivity contribution in [2.75, 3.05) is 13.1 Å². The smallest absolute Gasteiger partial charge is 0.260 e. The van der Waals surface area contributed by atoms with E-state index in [-0.39, 0.29) is 5.91 Å². The monoisotopic (exact) mass is 315 g/mol. The van der Waals surface area contributed by atoms with E-state index in [1.165, 1.54) is 56.2 Å². The first-order chi connectivity index (χ1) is 11.3. The van der Waals surface area contributed by atoms with Crippen LogP contribution in [0, 0.1) is 0 Å². The van der Waals surface area contributed by atoms with Crippen LogP contribution >= 0.6 is 0 Å². The Morgan fingerprint density at radius 2 is 1.52 bits per heavy atom. The van der Waals surface area contributed by atoms with Crippen LogP contribution in [0.1, 0.15) is 79.4 Å². The fraction of sp³-hybridized carbons (Fsp3) is 0.700. The Bertz CT molecular complexity index is 547. The number of aryl methyl sites for hydroxylation is 3. The quantitative estimate of drug-likeness (QED) is 0.727. The van der Waals surface area contributed by atoms with E-state index in [0.717, 1.165) is 44.3 Å². The van der Waals surface area contributed by atoms with E-state index in [1.807, 2.05) is 4.90 Å². The molecule has 0 N–H and O–H groups in total. The summed E-state index contributed by atoms with van der Waals surface area (Å²) >= 11 is 0. The van der Waals surface area contributed by atoms with Crippen LogP contribution in [0.2, 0.25) is 0 Å². The molecule has 1 saturated heterocycles. The normalized spacial score (nSPS) is 20.0. The van der Waals surface area contributed by atoms with Crippen molar-refractivity contribution in [1.82, 2.24) is 4.90 Å². The molecule has 0 radical (unpaired) electrons. The lowest BCUT2D eigenvalue weighted by atomic mass is 9.97. The molecule has 1 aliphatic carbocycles. The maximum Gasteiger partial charge on any atom is 0.260 e. The van der Waals surface area contributed by atoms with E-state index in [0.29, 0.717) is 0 Å². The molecule has 0 aromatic carbocycles. The summed E-state index contributed by atoms with van der Waals surface area (Å²) in [7, 11) is 2.10. The summed E-state index contributed by atoms with van der Waals surface area (Å²) in [4.78, 5) is 14.9. The number of pyridine rings is 1. The van der Waals surface area contributed by atoms with Gasteiger partial charge >= 0.3 is 0 Å². The van der Waals surface area contributed by atoms with Gasteiger partial charge in [-0.05, 0) is 37.7 Å². The Morgan fingerprint density at radius 3 is 2.22 bits per heavy atom. The number of fused-ring (bicyclic) bond motifs is 2. The third-order valence-electron chi connectivity index (χ3n) is 5.47. The number of hydrogen-bond donors (Lipinski definition) is 0. The highest BCUT2D eigenvalue weighted by Gasteiger charge is 2.25. The molecular weight excluding hydrogens is 284 g/mol. The topological polar surface area (TPSA) is 24.2 Å². The Kier molecular flexibility index (Phi) is 5.69. The zero-order chi connectivity index (χ0) is 16.1. The Balaban J connectivity index is 1.87. The lowest BCUT2D eigenvalue weighted by Crippen LogP contribution is -2.37. The number of nitrogens with zero attached hydrogens (tertiary/aromatic N) is 2. The van der Waals surface area contributed by atoms with E-state index in [9.17, 15) is 4.79 Å². The first-order valence-electron chi connectivity index (χ1n) is 9.56. The molecule has 0 unspecified atom stereocenters. The number of likely N-dealkylation sites (tertiary alicyclic amines) is 1. The van der Waals surface area contributed by atoms with E-state index >= 15 is 0 Å². The molecule has 3 nitrogen and oxygen atoms in total. The molecule has 1 aromatic rings. The summed E-state index contributed by atoms with van der Waals surface area (Å²) in [6, 6.07) is 2.32. The van der Waals surface area contributed by atoms with Crippen LogP contribution in [0.3, 0.4) is 0 Å². The van der Waals surface area contributed by atoms with Crippen LogP contribution in [0.15, 0.2) is 12.3 Å². The molecule has 0 saturated carbocycles. The average Bonchev–Trinajstić information content (AvgIpc) is 3.07. The standard InChI is InChI=1S/C20H31N2O/c1-21-16-19(20(23)22-13-9-10-14-22)17-11-7-5-3-2-4-6-8-12-18(21)15-17/h15-16H,2-14H2,1H3/q+1. The number of amides is 1. The third-order valence-corrected chi connectivity index (χ3v) is 5.47. The highest BCUT2D eigenvalue weighted by molar-refractivity contribution is 5.95. The maximum atomic E-state index is 12.9. The minimum Gasteiger partial charge on any atom is -0.338 e. The van der Waals surface area contributed by atoms with Crippen molar-refractivity contribution in [2.45, 2.75) is 70.6 Å². The van der Waals surface area contributed by atoms with Crippen LogP contribution in [0.5, 0.6) is 0 Å². The molecular formula is C20H31N2O+. The van der Waals surface area contributed by atoms with Crippen LogP contribution in [0.4, 0.5) is 0 Å². The minimum absolute atomic E-state index is 0.256. The predicted molar refractivity (Wildman–Crippen MR) is 92.5 cm³/mol. The van der Waals surface area contributed by atoms with Crippen molar-refractivity contribution in [3.8, 4) is 0 Å². The number of aromatic nitrogens is 1. The SMILES string of the molecule is C[n+]1cc(C(=O)N2CCCC2)c2cc1CCCCCCCCC2. The first kappa shape index (κ1) is 16.5. The molecule has 1 aromatic heterocycles. The van der Waals surface area contributed by atoms with Gasteiger partial charge in [0.2, 0.25) is 0 Å². The van der Waals surface area contributed by atoms with Crippen molar-refractivity contribution in [3.63, 3.8) is 0 Å². The zero-order valence-electron chi connectivity index (χ0n) is 14.6. The van der Waals surface area contributed by atoms with Gasteiger partial charge in [-0.2, -0.15) is 0 Å². The highest BCUT2D eigenvalue weighted by atomic mass is 16.2. The largest absolute Gasteiger partial charge is 0.338 e. The van der Waals surface area contributed by atoms with Gasteiger partial charge < -0.3 is 4.90 Å². The van der Waals surface area contributed by atoms with Gasteiger partial charge in [-0.25, -0.2) is 4.57 Å². The van der Waals surface area contributed by atoms with Crippen LogP contribution < -0.4 is 4.57 Å². The summed E-state index contributed by atoms with van der Waals surface area (Å²) in [5.41, 5.74) is 3.63. The molecule has 0 spiro atoms. The molecule has 23 heavy (non-hydrogen) atoms. The van der Waals surface area contributed by atoms with E-state index in [1.54, 1.807) is 0 Å². The average molecular weight is 315 g/mol. The minimum atomic E-state index is 0.256. The summed E-state index contributed by atoms with van der Waals surface area (Å²) in [5.74, 6) is 0.256. The van der Waals surface area contributed by atoms with Crippen molar-refractivity contribution in [2.24, 2.45) is 7.05 Å². The molecule has 2 aliphatic rings. The summed E-state index contributed by atoms with van der Waals surface area (Å²) in [6.07, 6.45) is 15.8. The third kappa shape index (κ3) is 4.13. The fourth-order valence-electron chi connectivity index (χ4n) is 3.98. The molecule has 126 valence electrons. The second-order valence-corrected chi connectivity index (χ2v) is 7.29. The van der Waals surface area contributed by atoms with E-state index in [2.05, 4.69) is 23.9 Å². The van der Waals surface area contributed by atoms with Gasteiger partial charge in [0, 0.05) is 25.6 Å². The van der Waals surface area contributed by atoms with Crippen molar-refractivity contribution < 1.29 is 9.36 Å². The Morgan fingerprint density at radius 1 is 0.913 bits per heavy atom. The zero-order valence-corrected chi connectivity index (χ0v) is 14.6. The Hall–Kier alpha value is -1.38. The second kappa shape index (κ2) is 7.94. The van der Waals surface area contributed by atoms with Gasteiger partial charge in [0.05, 0.1) is 0 Å². The molecule has 1 amide bonds. The molecule has 0 atom stereocenters. The molecule has 3 rings (SSSR count). The predicted octanol–water partition coefficient (Wildman–Crippen LogP) is 3.58. The first-order valence-corrected chi connectivity index (χ1v) is 9.56. The number of hydrogen-bond acceptors (Lipinski definition) is 1. The van der Waals surface area contributed by atoms with E-state index in [4.69, 9.17) is 0 Å². The lowest BCUT2D eigenvalue weighted by molar-refractivity contribution is -0.679. The summed E-state index contributed by atoms with van der Waals surface area (Å²) in [6.45, 7) is 1.87. The van der Waals surface area contributed by atoms with Crippen molar-refractivity contribution in [3.05, 3.63) is 29.1 Å². The number of rotatable bonds is 1. The van der Waals surface area contributed by atoms with Gasteiger partial charge in [0.1, 0.15) is 12.6 Å². The summed E-state index contributed by atoms with van der Waals surface area (Å²) < 4.78 is 2.19. The molecule has 3 heteroatoms. The van der Waals surface area contributed by atoms with Crippen LogP contribution in [-0.4, -0.2) is 23.9 Å². The molecule has 2 heterocycles. The molecule has 1 aliphatic heterocycles.